The fourth-order valence-corrected chi connectivity index (χ4v) is 2.36. The lowest BCUT2D eigenvalue weighted by atomic mass is 10.0. The Hall–Kier alpha value is -3.61. The summed E-state index contributed by atoms with van der Waals surface area (Å²) in [5.41, 5.74) is -4.48. The minimum atomic E-state index is -2.71. The molecule has 1 unspecified atom stereocenters. The van der Waals surface area contributed by atoms with Crippen molar-refractivity contribution < 1.29 is 14.3 Å². The fraction of sp³-hybridized carbons (Fsp3) is 0.312. The van der Waals surface area contributed by atoms with Crippen LogP contribution in [0.1, 0.15) is 13.8 Å². The van der Waals surface area contributed by atoms with Gasteiger partial charge in [0.2, 0.25) is 0 Å². The predicted molar refractivity (Wildman–Crippen MR) is 89.5 cm³/mol. The maximum absolute atomic E-state index is 12.8. The molecule has 2 aromatic rings. The molecule has 1 aromatic carbocycles. The van der Waals surface area contributed by atoms with E-state index in [1.165, 1.54) is 18.2 Å². The number of carbonyl (C=O) groups excluding carboxylic acids is 2. The lowest BCUT2D eigenvalue weighted by Gasteiger charge is -2.23. The summed E-state index contributed by atoms with van der Waals surface area (Å²) in [5.74, 6) is -2.40. The van der Waals surface area contributed by atoms with Gasteiger partial charge in [0.15, 0.2) is 0 Å². The highest BCUT2D eigenvalue weighted by Crippen LogP contribution is 2.16. The summed E-state index contributed by atoms with van der Waals surface area (Å²) in [7, 11) is 0.967. The number of carbonyl (C=O) groups is 2. The number of methoxy groups -OCH3 is 1. The highest BCUT2D eigenvalue weighted by molar-refractivity contribution is 6.08. The molecular weight excluding hydrogens is 342 g/mol. The van der Waals surface area contributed by atoms with E-state index >= 15 is 0 Å². The van der Waals surface area contributed by atoms with E-state index in [9.17, 15) is 24.4 Å². The molecule has 1 amide bonds. The van der Waals surface area contributed by atoms with Crippen molar-refractivity contribution >= 4 is 11.9 Å². The molecule has 1 aromatic heterocycles. The summed E-state index contributed by atoms with van der Waals surface area (Å²) >= 11 is 0. The normalized spacial score (nSPS) is 12.9. The average Bonchev–Trinajstić information content (AvgIpc) is 2.90. The van der Waals surface area contributed by atoms with Crippen LogP contribution >= 0.6 is 0 Å². The zero-order chi connectivity index (χ0) is 19.5. The Morgan fingerprint density at radius 1 is 1.27 bits per heavy atom. The number of nitrogens with one attached hydrogen (secondary N) is 2. The number of ether oxygens (including phenoxy) is 1. The SMILES string of the molecule is COC(=O)C(C#N)(C(=O)NC(C)C)n1[nH]c(=O)n(-c2ccccc2)c1=O. The van der Waals surface area contributed by atoms with Crippen LogP contribution in [-0.2, 0) is 19.9 Å². The van der Waals surface area contributed by atoms with Crippen molar-refractivity contribution in [1.29, 1.82) is 5.26 Å². The predicted octanol–water partition coefficient (Wildman–Crippen LogP) is -0.756. The number of aromatic nitrogens is 3. The lowest BCUT2D eigenvalue weighted by Crippen LogP contribution is -2.58. The van der Waals surface area contributed by atoms with Gasteiger partial charge in [-0.2, -0.15) is 9.94 Å². The summed E-state index contributed by atoms with van der Waals surface area (Å²) < 4.78 is 5.65. The monoisotopic (exact) mass is 359 g/mol. The van der Waals surface area contributed by atoms with Crippen molar-refractivity contribution in [3.63, 3.8) is 0 Å². The first-order valence-corrected chi connectivity index (χ1v) is 7.60. The second-order valence-electron chi connectivity index (χ2n) is 5.65. The van der Waals surface area contributed by atoms with Crippen LogP contribution in [0.2, 0.25) is 0 Å². The smallest absolute Gasteiger partial charge is 0.358 e. The van der Waals surface area contributed by atoms with Gasteiger partial charge in [0, 0.05) is 6.04 Å². The van der Waals surface area contributed by atoms with Crippen molar-refractivity contribution in [1.82, 2.24) is 19.7 Å². The molecule has 0 fully saturated rings. The Morgan fingerprint density at radius 3 is 2.38 bits per heavy atom. The van der Waals surface area contributed by atoms with E-state index in [0.29, 0.717) is 9.25 Å². The van der Waals surface area contributed by atoms with Gasteiger partial charge in [-0.3, -0.25) is 4.79 Å². The third-order valence-electron chi connectivity index (χ3n) is 3.53. The van der Waals surface area contributed by atoms with Crippen LogP contribution in [0.4, 0.5) is 0 Å². The molecule has 0 aliphatic heterocycles. The van der Waals surface area contributed by atoms with Crippen LogP contribution in [0.3, 0.4) is 0 Å². The second kappa shape index (κ2) is 7.10. The molecule has 10 heteroatoms. The van der Waals surface area contributed by atoms with E-state index in [-0.39, 0.29) is 5.69 Å². The standard InChI is InChI=1S/C16H17N5O5/c1-10(2)18-12(22)16(9-17,13(23)26-3)21-15(25)20(14(24)19-21)11-7-5-4-6-8-11/h4-8,10H,1-3H3,(H,18,22)(H,19,24). The molecule has 0 radical (unpaired) electrons. The van der Waals surface area contributed by atoms with Crippen LogP contribution < -0.4 is 16.7 Å². The van der Waals surface area contributed by atoms with Crippen LogP contribution in [0.15, 0.2) is 39.9 Å². The van der Waals surface area contributed by atoms with Gasteiger partial charge in [-0.15, -0.1) is 0 Å². The number of hydrogen-bond acceptors (Lipinski definition) is 6. The minimum absolute atomic E-state index is 0.207. The van der Waals surface area contributed by atoms with Crippen LogP contribution in [-0.4, -0.2) is 39.4 Å². The van der Waals surface area contributed by atoms with E-state index in [0.717, 1.165) is 7.11 Å². The summed E-state index contributed by atoms with van der Waals surface area (Å²) in [6.45, 7) is 3.22. The maximum Gasteiger partial charge on any atom is 0.358 e. The van der Waals surface area contributed by atoms with Crippen molar-refractivity contribution in [3.8, 4) is 11.8 Å². The molecule has 2 N–H and O–H groups in total. The van der Waals surface area contributed by atoms with Crippen LogP contribution in [0.25, 0.3) is 5.69 Å². The number of nitrogens with zero attached hydrogens (tertiary/aromatic N) is 3. The number of nitriles is 1. The molecule has 0 spiro atoms. The number of para-hydroxylation sites is 1. The Bertz CT molecular complexity index is 979. The van der Waals surface area contributed by atoms with Crippen molar-refractivity contribution in [2.75, 3.05) is 7.11 Å². The van der Waals surface area contributed by atoms with E-state index in [4.69, 9.17) is 0 Å². The first-order chi connectivity index (χ1) is 12.3. The largest absolute Gasteiger partial charge is 0.466 e. The van der Waals surface area contributed by atoms with E-state index in [2.05, 4.69) is 15.2 Å². The Morgan fingerprint density at radius 2 is 1.88 bits per heavy atom. The number of esters is 1. The third-order valence-corrected chi connectivity index (χ3v) is 3.53. The Balaban J connectivity index is 2.78. The van der Waals surface area contributed by atoms with Crippen molar-refractivity contribution in [2.45, 2.75) is 25.4 Å². The molecule has 0 bridgehead atoms. The second-order valence-corrected chi connectivity index (χ2v) is 5.65. The highest BCUT2D eigenvalue weighted by Gasteiger charge is 2.53. The molecule has 0 aliphatic carbocycles. The summed E-state index contributed by atoms with van der Waals surface area (Å²) in [6.07, 6.45) is 0. The number of amides is 1. The molecule has 1 atom stereocenters. The molecule has 10 nitrogen and oxygen atoms in total. The molecule has 0 saturated heterocycles. The van der Waals surface area contributed by atoms with Gasteiger partial charge in [-0.25, -0.2) is 24.0 Å². The molecule has 26 heavy (non-hydrogen) atoms. The van der Waals surface area contributed by atoms with E-state index in [1.54, 1.807) is 32.0 Å². The first-order valence-electron chi connectivity index (χ1n) is 7.60. The zero-order valence-electron chi connectivity index (χ0n) is 14.3. The van der Waals surface area contributed by atoms with Crippen LogP contribution in [0, 0.1) is 11.3 Å². The molecule has 1 heterocycles. The molecule has 2 rings (SSSR count). The lowest BCUT2D eigenvalue weighted by molar-refractivity contribution is -0.154. The Labute approximate surface area is 147 Å². The number of benzene rings is 1. The topological polar surface area (TPSA) is 139 Å². The van der Waals surface area contributed by atoms with E-state index in [1.807, 2.05) is 0 Å². The first kappa shape index (κ1) is 18.7. The number of H-pyrrole nitrogens is 1. The summed E-state index contributed by atoms with van der Waals surface area (Å²) in [6, 6.07) is 8.94. The average molecular weight is 359 g/mol. The highest BCUT2D eigenvalue weighted by atomic mass is 16.5. The maximum atomic E-state index is 12.8. The van der Waals surface area contributed by atoms with Gasteiger partial charge in [-0.05, 0) is 26.0 Å². The van der Waals surface area contributed by atoms with Gasteiger partial charge >= 0.3 is 22.9 Å². The van der Waals surface area contributed by atoms with Gasteiger partial charge < -0.3 is 10.1 Å². The van der Waals surface area contributed by atoms with E-state index < -0.39 is 34.8 Å². The number of aromatic amines is 1. The molecule has 0 saturated carbocycles. The quantitative estimate of drug-likeness (QED) is 0.531. The summed E-state index contributed by atoms with van der Waals surface area (Å²) in [5, 5.41) is 14.1. The number of hydrogen-bond donors (Lipinski definition) is 2. The van der Waals surface area contributed by atoms with Crippen LogP contribution in [0.5, 0.6) is 0 Å². The van der Waals surface area contributed by atoms with Crippen molar-refractivity contribution in [3.05, 3.63) is 51.3 Å². The minimum Gasteiger partial charge on any atom is -0.466 e. The molecular formula is C16H17N5O5. The van der Waals surface area contributed by atoms with Gasteiger partial charge in [0.1, 0.15) is 6.07 Å². The Kier molecular flexibility index (Phi) is 5.11. The number of rotatable bonds is 5. The zero-order valence-corrected chi connectivity index (χ0v) is 14.3. The molecule has 136 valence electrons. The van der Waals surface area contributed by atoms with Crippen molar-refractivity contribution in [2.24, 2.45) is 0 Å². The van der Waals surface area contributed by atoms with Gasteiger partial charge in [0.25, 0.3) is 5.91 Å². The molecule has 0 aliphatic rings. The third kappa shape index (κ3) is 2.90. The van der Waals surface area contributed by atoms with Gasteiger partial charge in [0.05, 0.1) is 12.8 Å². The summed E-state index contributed by atoms with van der Waals surface area (Å²) in [4.78, 5) is 49.9. The van der Waals surface area contributed by atoms with Gasteiger partial charge in [-0.1, -0.05) is 18.2 Å². The fourth-order valence-electron chi connectivity index (χ4n) is 2.36.